The highest BCUT2D eigenvalue weighted by Crippen LogP contribution is 2.55. The number of hydrogen-bond donors (Lipinski definition) is 2. The molecule has 27 heavy (non-hydrogen) atoms. The van der Waals surface area contributed by atoms with Crippen LogP contribution in [0.15, 0.2) is 65.3 Å². The molecule has 2 aromatic carbocycles. The summed E-state index contributed by atoms with van der Waals surface area (Å²) in [5.41, 5.74) is 11.8. The lowest BCUT2D eigenvalue weighted by atomic mass is 9.59. The van der Waals surface area contributed by atoms with Gasteiger partial charge in [-0.25, -0.2) is 0 Å². The van der Waals surface area contributed by atoms with Gasteiger partial charge in [0.05, 0.1) is 12.1 Å². The van der Waals surface area contributed by atoms with E-state index in [1.807, 2.05) is 0 Å². The average Bonchev–Trinajstić information content (AvgIpc) is 3.22. The summed E-state index contributed by atoms with van der Waals surface area (Å²) >= 11 is 0. The summed E-state index contributed by atoms with van der Waals surface area (Å²) in [5, 5.41) is 3.11. The first-order valence-corrected chi connectivity index (χ1v) is 9.49. The Labute approximate surface area is 158 Å². The van der Waals surface area contributed by atoms with Gasteiger partial charge in [0.2, 0.25) is 0 Å². The molecule has 1 aromatic heterocycles. The van der Waals surface area contributed by atoms with Gasteiger partial charge in [-0.15, -0.1) is 0 Å². The summed E-state index contributed by atoms with van der Waals surface area (Å²) in [5.74, 6) is 1.68. The Morgan fingerprint density at radius 2 is 1.67 bits per heavy atom. The molecule has 3 N–H and O–H groups in total. The Kier molecular flexibility index (Phi) is 3.87. The summed E-state index contributed by atoms with van der Waals surface area (Å²) in [4.78, 5) is 12.5. The van der Waals surface area contributed by atoms with E-state index in [2.05, 4.69) is 53.8 Å². The number of carbonyl (C=O) groups is 1. The van der Waals surface area contributed by atoms with Crippen molar-refractivity contribution in [3.8, 4) is 0 Å². The van der Waals surface area contributed by atoms with Crippen LogP contribution in [0.4, 0.5) is 0 Å². The van der Waals surface area contributed by atoms with Crippen LogP contribution in [0.25, 0.3) is 0 Å². The van der Waals surface area contributed by atoms with Gasteiger partial charge in [0.1, 0.15) is 12.0 Å². The van der Waals surface area contributed by atoms with Crippen molar-refractivity contribution >= 4 is 5.91 Å². The molecule has 0 saturated carbocycles. The number of furan rings is 1. The molecule has 1 unspecified atom stereocenters. The van der Waals surface area contributed by atoms with Crippen molar-refractivity contribution in [2.45, 2.75) is 24.8 Å². The van der Waals surface area contributed by atoms with E-state index in [0.29, 0.717) is 42.2 Å². The second kappa shape index (κ2) is 6.39. The molecule has 2 bridgehead atoms. The Bertz CT molecular complexity index is 959. The number of fused-ring (bicyclic) bond motifs is 1. The zero-order chi connectivity index (χ0) is 18.4. The van der Waals surface area contributed by atoms with Gasteiger partial charge in [0.15, 0.2) is 0 Å². The fourth-order valence-corrected chi connectivity index (χ4v) is 4.89. The fourth-order valence-electron chi connectivity index (χ4n) is 4.89. The topological polar surface area (TPSA) is 68.3 Å². The van der Waals surface area contributed by atoms with Crippen molar-refractivity contribution in [1.29, 1.82) is 0 Å². The quantitative estimate of drug-likeness (QED) is 0.746. The van der Waals surface area contributed by atoms with Crippen LogP contribution in [-0.2, 0) is 6.54 Å². The molecule has 0 aliphatic heterocycles. The van der Waals surface area contributed by atoms with E-state index in [9.17, 15) is 4.79 Å². The van der Waals surface area contributed by atoms with Crippen molar-refractivity contribution in [1.82, 2.24) is 5.32 Å². The molecular weight excluding hydrogens is 336 g/mol. The van der Waals surface area contributed by atoms with Crippen molar-refractivity contribution in [2.75, 3.05) is 6.54 Å². The van der Waals surface area contributed by atoms with Crippen LogP contribution in [0.2, 0.25) is 0 Å². The maximum atomic E-state index is 12.5. The van der Waals surface area contributed by atoms with Crippen molar-refractivity contribution in [3.63, 3.8) is 0 Å². The molecule has 0 spiro atoms. The van der Waals surface area contributed by atoms with Crippen LogP contribution in [0.3, 0.4) is 0 Å². The zero-order valence-corrected chi connectivity index (χ0v) is 15.0. The predicted octanol–water partition coefficient (Wildman–Crippen LogP) is 3.77. The number of hydrogen-bond acceptors (Lipinski definition) is 3. The molecule has 0 saturated heterocycles. The van der Waals surface area contributed by atoms with E-state index < -0.39 is 0 Å². The van der Waals surface area contributed by atoms with Gasteiger partial charge in [-0.05, 0) is 40.7 Å². The summed E-state index contributed by atoms with van der Waals surface area (Å²) < 4.78 is 5.28. The van der Waals surface area contributed by atoms with Crippen molar-refractivity contribution < 1.29 is 9.21 Å². The van der Waals surface area contributed by atoms with Gasteiger partial charge in [0, 0.05) is 18.4 Å². The van der Waals surface area contributed by atoms with Gasteiger partial charge in [-0.3, -0.25) is 4.79 Å². The zero-order valence-electron chi connectivity index (χ0n) is 15.0. The van der Waals surface area contributed by atoms with E-state index in [0.717, 1.165) is 6.42 Å². The van der Waals surface area contributed by atoms with Gasteiger partial charge >= 0.3 is 0 Å². The number of carbonyl (C=O) groups excluding carboxylic acids is 1. The number of nitrogens with one attached hydrogen (secondary N) is 1. The number of benzene rings is 2. The largest absolute Gasteiger partial charge is 0.467 e. The predicted molar refractivity (Wildman–Crippen MR) is 104 cm³/mol. The van der Waals surface area contributed by atoms with Gasteiger partial charge in [-0.2, -0.15) is 0 Å². The molecule has 1 amide bonds. The molecular formula is C23H22N2O2. The SMILES string of the molecule is NCc1cc(C(=O)NCC2CC3c4ccccc4C2c2ccccc23)co1. The Morgan fingerprint density at radius 3 is 2.26 bits per heavy atom. The normalized spacial score (nSPS) is 22.2. The Balaban J connectivity index is 1.41. The standard InChI is InChI=1S/C23H22N2O2/c24-11-16-9-15(13-27-16)23(26)25-12-14-10-21-17-5-1-3-7-19(17)22(14)20-8-4-2-6-18(20)21/h1-9,13-14,21-22H,10-12,24H2,(H,25,26). The first-order chi connectivity index (χ1) is 13.3. The summed E-state index contributed by atoms with van der Waals surface area (Å²) in [6.45, 7) is 0.957. The lowest BCUT2D eigenvalue weighted by molar-refractivity contribution is 0.0942. The molecule has 3 aliphatic carbocycles. The molecule has 1 heterocycles. The minimum absolute atomic E-state index is 0.0959. The maximum absolute atomic E-state index is 12.5. The first-order valence-electron chi connectivity index (χ1n) is 9.49. The van der Waals surface area contributed by atoms with Crippen LogP contribution >= 0.6 is 0 Å². The molecule has 0 radical (unpaired) electrons. The third kappa shape index (κ3) is 2.60. The molecule has 1 atom stereocenters. The molecule has 6 rings (SSSR count). The molecule has 136 valence electrons. The highest BCUT2D eigenvalue weighted by atomic mass is 16.3. The number of nitrogens with two attached hydrogens (primary N) is 1. The number of amides is 1. The van der Waals surface area contributed by atoms with Gasteiger partial charge in [-0.1, -0.05) is 48.5 Å². The van der Waals surface area contributed by atoms with Crippen LogP contribution in [0, 0.1) is 5.92 Å². The summed E-state index contributed by atoms with van der Waals surface area (Å²) in [7, 11) is 0. The van der Waals surface area contributed by atoms with E-state index in [1.165, 1.54) is 28.5 Å². The smallest absolute Gasteiger partial charge is 0.254 e. The minimum Gasteiger partial charge on any atom is -0.467 e. The summed E-state index contributed by atoms with van der Waals surface area (Å²) in [6, 6.07) is 19.2. The average molecular weight is 358 g/mol. The second-order valence-corrected chi connectivity index (χ2v) is 7.50. The lowest BCUT2D eigenvalue weighted by Crippen LogP contribution is -2.39. The summed E-state index contributed by atoms with van der Waals surface area (Å²) in [6.07, 6.45) is 2.55. The molecule has 4 heteroatoms. The first kappa shape index (κ1) is 16.3. The third-order valence-electron chi connectivity index (χ3n) is 6.06. The minimum atomic E-state index is -0.0959. The van der Waals surface area contributed by atoms with Crippen LogP contribution in [-0.4, -0.2) is 12.5 Å². The second-order valence-electron chi connectivity index (χ2n) is 7.50. The molecule has 3 aliphatic rings. The highest BCUT2D eigenvalue weighted by Gasteiger charge is 2.42. The lowest BCUT2D eigenvalue weighted by Gasteiger charge is -2.45. The maximum Gasteiger partial charge on any atom is 0.254 e. The van der Waals surface area contributed by atoms with Crippen LogP contribution in [0.1, 0.15) is 56.6 Å². The Hall–Kier alpha value is -2.85. The molecule has 0 fully saturated rings. The van der Waals surface area contributed by atoms with Crippen molar-refractivity contribution in [2.24, 2.45) is 11.7 Å². The highest BCUT2D eigenvalue weighted by molar-refractivity contribution is 5.94. The molecule has 3 aromatic rings. The van der Waals surface area contributed by atoms with Gasteiger partial charge < -0.3 is 15.5 Å². The monoisotopic (exact) mass is 358 g/mol. The third-order valence-corrected chi connectivity index (χ3v) is 6.06. The molecule has 4 nitrogen and oxygen atoms in total. The van der Waals surface area contributed by atoms with E-state index in [4.69, 9.17) is 10.2 Å². The van der Waals surface area contributed by atoms with E-state index >= 15 is 0 Å². The van der Waals surface area contributed by atoms with Crippen LogP contribution in [0.5, 0.6) is 0 Å². The Morgan fingerprint density at radius 1 is 1.04 bits per heavy atom. The number of rotatable bonds is 4. The van der Waals surface area contributed by atoms with Crippen LogP contribution < -0.4 is 11.1 Å². The fraction of sp³-hybridized carbons (Fsp3) is 0.261. The van der Waals surface area contributed by atoms with Crippen molar-refractivity contribution in [3.05, 3.63) is 94.4 Å². The van der Waals surface area contributed by atoms with Gasteiger partial charge in [0.25, 0.3) is 5.91 Å². The van der Waals surface area contributed by atoms with E-state index in [-0.39, 0.29) is 5.91 Å². The van der Waals surface area contributed by atoms with E-state index in [1.54, 1.807) is 6.07 Å².